The summed E-state index contributed by atoms with van der Waals surface area (Å²) in [5.74, 6) is 2.32. The van der Waals surface area contributed by atoms with E-state index in [0.717, 1.165) is 29.6 Å². The minimum atomic E-state index is -0.292. The van der Waals surface area contributed by atoms with Gasteiger partial charge in [-0.3, -0.25) is 9.36 Å². The summed E-state index contributed by atoms with van der Waals surface area (Å²) in [6.45, 7) is 2.46. The van der Waals surface area contributed by atoms with Crippen molar-refractivity contribution in [3.63, 3.8) is 0 Å². The number of benzene rings is 1. The van der Waals surface area contributed by atoms with Gasteiger partial charge in [-0.25, -0.2) is 0 Å². The monoisotopic (exact) mass is 387 g/mol. The number of rotatable bonds is 7. The van der Waals surface area contributed by atoms with Crippen LogP contribution >= 0.6 is 23.4 Å². The number of Topliss-reactive ketones (excluding diaryl/α,β-unsaturated/α-hetero) is 1. The van der Waals surface area contributed by atoms with E-state index in [4.69, 9.17) is 16.0 Å². The SMILES string of the molecule is CC(Sc1nnc(C2CC2)n1Cc1ccco1)C(=O)c1cccc(Cl)c1. The van der Waals surface area contributed by atoms with Crippen molar-refractivity contribution in [2.75, 3.05) is 0 Å². The lowest BCUT2D eigenvalue weighted by Gasteiger charge is -2.12. The first kappa shape index (κ1) is 17.4. The summed E-state index contributed by atoms with van der Waals surface area (Å²) in [5.41, 5.74) is 0.608. The van der Waals surface area contributed by atoms with E-state index < -0.39 is 0 Å². The molecule has 0 bridgehead atoms. The second-order valence-corrected chi connectivity index (χ2v) is 8.16. The van der Waals surface area contributed by atoms with E-state index in [1.165, 1.54) is 11.8 Å². The van der Waals surface area contributed by atoms with E-state index in [0.29, 0.717) is 23.0 Å². The van der Waals surface area contributed by atoms with Crippen LogP contribution in [0.25, 0.3) is 0 Å². The average Bonchev–Trinajstić information content (AvgIpc) is 3.21. The standard InChI is InChI=1S/C19H18ClN3O2S/c1-12(17(24)14-4-2-5-15(20)10-14)26-19-22-21-18(13-7-8-13)23(19)11-16-6-3-9-25-16/h2-6,9-10,12-13H,7-8,11H2,1H3. The average molecular weight is 388 g/mol. The van der Waals surface area contributed by atoms with Crippen molar-refractivity contribution in [1.82, 2.24) is 14.8 Å². The molecule has 5 nitrogen and oxygen atoms in total. The molecule has 0 N–H and O–H groups in total. The fraction of sp³-hybridized carbons (Fsp3) is 0.316. The maximum absolute atomic E-state index is 12.7. The maximum atomic E-state index is 12.7. The molecule has 1 aliphatic rings. The van der Waals surface area contributed by atoms with Gasteiger partial charge >= 0.3 is 0 Å². The van der Waals surface area contributed by atoms with Gasteiger partial charge in [-0.05, 0) is 44.0 Å². The Balaban J connectivity index is 1.56. The molecule has 134 valence electrons. The fourth-order valence-electron chi connectivity index (χ4n) is 2.83. The van der Waals surface area contributed by atoms with Gasteiger partial charge in [0.25, 0.3) is 0 Å². The fourth-order valence-corrected chi connectivity index (χ4v) is 3.95. The highest BCUT2D eigenvalue weighted by molar-refractivity contribution is 8.00. The molecule has 0 aliphatic heterocycles. The highest BCUT2D eigenvalue weighted by atomic mass is 35.5. The number of nitrogens with zero attached hydrogens (tertiary/aromatic N) is 3. The minimum absolute atomic E-state index is 0.0259. The quantitative estimate of drug-likeness (QED) is 0.430. The molecule has 2 aromatic heterocycles. The third-order valence-corrected chi connectivity index (χ3v) is 5.66. The van der Waals surface area contributed by atoms with Crippen LogP contribution in [0.15, 0.2) is 52.2 Å². The predicted molar refractivity (Wildman–Crippen MR) is 101 cm³/mol. The molecule has 0 spiro atoms. The van der Waals surface area contributed by atoms with Crippen molar-refractivity contribution in [3.05, 3.63) is 64.8 Å². The van der Waals surface area contributed by atoms with Gasteiger partial charge in [0, 0.05) is 16.5 Å². The number of hydrogen-bond acceptors (Lipinski definition) is 5. The van der Waals surface area contributed by atoms with Crippen molar-refractivity contribution in [3.8, 4) is 0 Å². The lowest BCUT2D eigenvalue weighted by atomic mass is 10.1. The van der Waals surface area contributed by atoms with Gasteiger partial charge in [-0.1, -0.05) is 35.5 Å². The van der Waals surface area contributed by atoms with E-state index in [9.17, 15) is 4.79 Å². The molecule has 1 fully saturated rings. The summed E-state index contributed by atoms with van der Waals surface area (Å²) in [5, 5.41) is 9.73. The van der Waals surface area contributed by atoms with Crippen LogP contribution in [0.4, 0.5) is 0 Å². The van der Waals surface area contributed by atoms with Crippen molar-refractivity contribution < 1.29 is 9.21 Å². The van der Waals surface area contributed by atoms with Gasteiger partial charge in [0.05, 0.1) is 18.1 Å². The van der Waals surface area contributed by atoms with Gasteiger partial charge < -0.3 is 4.42 Å². The Morgan fingerprint density at radius 1 is 1.35 bits per heavy atom. The number of furan rings is 1. The third-order valence-electron chi connectivity index (χ3n) is 4.34. The molecule has 2 heterocycles. The van der Waals surface area contributed by atoms with E-state index in [-0.39, 0.29) is 11.0 Å². The van der Waals surface area contributed by atoms with E-state index >= 15 is 0 Å². The van der Waals surface area contributed by atoms with Crippen molar-refractivity contribution in [1.29, 1.82) is 0 Å². The number of aromatic nitrogens is 3. The number of thioether (sulfide) groups is 1. The Morgan fingerprint density at radius 2 is 2.19 bits per heavy atom. The molecule has 7 heteroatoms. The summed E-state index contributed by atoms with van der Waals surface area (Å²) < 4.78 is 7.56. The van der Waals surface area contributed by atoms with Gasteiger partial charge in [0.15, 0.2) is 10.9 Å². The first-order valence-corrected chi connectivity index (χ1v) is 9.79. The molecule has 0 saturated heterocycles. The second kappa shape index (κ2) is 7.29. The lowest BCUT2D eigenvalue weighted by Crippen LogP contribution is -2.15. The van der Waals surface area contributed by atoms with Crippen LogP contribution in [0.5, 0.6) is 0 Å². The Hall–Kier alpha value is -2.05. The Kier molecular flexibility index (Phi) is 4.87. The zero-order valence-corrected chi connectivity index (χ0v) is 15.8. The van der Waals surface area contributed by atoms with E-state index in [2.05, 4.69) is 14.8 Å². The van der Waals surface area contributed by atoms with Crippen molar-refractivity contribution >= 4 is 29.1 Å². The summed E-state index contributed by atoms with van der Waals surface area (Å²) in [7, 11) is 0. The summed E-state index contributed by atoms with van der Waals surface area (Å²) in [6, 6.07) is 10.8. The van der Waals surface area contributed by atoms with Crippen molar-refractivity contribution in [2.24, 2.45) is 0 Å². The molecule has 1 atom stereocenters. The molecular formula is C19H18ClN3O2S. The molecule has 4 rings (SSSR count). The van der Waals surface area contributed by atoms with Crippen LogP contribution in [0.1, 0.15) is 47.6 Å². The summed E-state index contributed by atoms with van der Waals surface area (Å²) >= 11 is 7.43. The normalized spacial score (nSPS) is 15.2. The highest BCUT2D eigenvalue weighted by Crippen LogP contribution is 2.40. The topological polar surface area (TPSA) is 60.9 Å². The molecular weight excluding hydrogens is 370 g/mol. The Labute approximate surface area is 160 Å². The van der Waals surface area contributed by atoms with Crippen LogP contribution in [0.2, 0.25) is 5.02 Å². The number of ketones is 1. The van der Waals surface area contributed by atoms with Gasteiger partial charge in [0.1, 0.15) is 11.6 Å². The number of halogens is 1. The molecule has 1 unspecified atom stereocenters. The Morgan fingerprint density at radius 3 is 2.88 bits per heavy atom. The van der Waals surface area contributed by atoms with Crippen LogP contribution in [-0.2, 0) is 6.54 Å². The number of hydrogen-bond donors (Lipinski definition) is 0. The molecule has 1 saturated carbocycles. The first-order chi connectivity index (χ1) is 12.6. The maximum Gasteiger partial charge on any atom is 0.192 e. The zero-order valence-electron chi connectivity index (χ0n) is 14.3. The predicted octanol–water partition coefficient (Wildman–Crippen LogP) is 4.81. The number of carbonyl (C=O) groups is 1. The van der Waals surface area contributed by atoms with E-state index in [1.807, 2.05) is 19.1 Å². The zero-order chi connectivity index (χ0) is 18.1. The summed E-state index contributed by atoms with van der Waals surface area (Å²) in [6.07, 6.45) is 3.94. The number of carbonyl (C=O) groups excluding carboxylic acids is 1. The van der Waals surface area contributed by atoms with Gasteiger partial charge in [-0.15, -0.1) is 10.2 Å². The van der Waals surface area contributed by atoms with E-state index in [1.54, 1.807) is 30.5 Å². The third kappa shape index (κ3) is 3.71. The Bertz CT molecular complexity index is 919. The van der Waals surface area contributed by atoms with Crippen LogP contribution in [-0.4, -0.2) is 25.8 Å². The van der Waals surface area contributed by atoms with Crippen LogP contribution < -0.4 is 0 Å². The second-order valence-electron chi connectivity index (χ2n) is 6.42. The van der Waals surface area contributed by atoms with Crippen LogP contribution in [0, 0.1) is 0 Å². The molecule has 26 heavy (non-hydrogen) atoms. The molecule has 3 aromatic rings. The summed E-state index contributed by atoms with van der Waals surface area (Å²) in [4.78, 5) is 12.7. The van der Waals surface area contributed by atoms with Crippen LogP contribution in [0.3, 0.4) is 0 Å². The first-order valence-electron chi connectivity index (χ1n) is 8.53. The van der Waals surface area contributed by atoms with Crippen molar-refractivity contribution in [2.45, 2.75) is 42.6 Å². The smallest absolute Gasteiger partial charge is 0.192 e. The largest absolute Gasteiger partial charge is 0.467 e. The van der Waals surface area contributed by atoms with Gasteiger partial charge in [-0.2, -0.15) is 0 Å². The highest BCUT2D eigenvalue weighted by Gasteiger charge is 2.31. The molecule has 0 amide bonds. The minimum Gasteiger partial charge on any atom is -0.467 e. The lowest BCUT2D eigenvalue weighted by molar-refractivity contribution is 0.0994. The molecule has 0 radical (unpaired) electrons. The molecule has 1 aliphatic carbocycles. The van der Waals surface area contributed by atoms with Gasteiger partial charge in [0.2, 0.25) is 0 Å². The molecule has 1 aromatic carbocycles.